The van der Waals surface area contributed by atoms with E-state index in [1.807, 2.05) is 6.92 Å². The van der Waals surface area contributed by atoms with Crippen molar-refractivity contribution >= 4 is 23.5 Å². The van der Waals surface area contributed by atoms with Crippen LogP contribution in [0.5, 0.6) is 0 Å². The van der Waals surface area contributed by atoms with Crippen molar-refractivity contribution in [3.05, 3.63) is 29.3 Å². The van der Waals surface area contributed by atoms with Crippen molar-refractivity contribution in [1.82, 2.24) is 5.32 Å². The van der Waals surface area contributed by atoms with Crippen LogP contribution in [0.1, 0.15) is 34.1 Å². The Bertz CT molecular complexity index is 537. The van der Waals surface area contributed by atoms with Crippen molar-refractivity contribution in [3.8, 4) is 0 Å². The zero-order chi connectivity index (χ0) is 13.1. The number of benzene rings is 1. The highest BCUT2D eigenvalue weighted by Crippen LogP contribution is 2.19. The second-order valence-electron chi connectivity index (χ2n) is 3.94. The van der Waals surface area contributed by atoms with Gasteiger partial charge in [0.05, 0.1) is 11.1 Å². The van der Waals surface area contributed by atoms with Gasteiger partial charge in [-0.3, -0.25) is 19.9 Å². The summed E-state index contributed by atoms with van der Waals surface area (Å²) in [5.74, 6) is -0.460. The van der Waals surface area contributed by atoms with Crippen LogP contribution >= 0.6 is 0 Å². The van der Waals surface area contributed by atoms with Crippen molar-refractivity contribution in [2.45, 2.75) is 13.3 Å². The van der Waals surface area contributed by atoms with Gasteiger partial charge < -0.3 is 11.1 Å². The highest BCUT2D eigenvalue weighted by atomic mass is 16.2. The fourth-order valence-corrected chi connectivity index (χ4v) is 1.67. The fourth-order valence-electron chi connectivity index (χ4n) is 1.67. The van der Waals surface area contributed by atoms with Gasteiger partial charge in [-0.2, -0.15) is 0 Å². The minimum absolute atomic E-state index is 0.293. The van der Waals surface area contributed by atoms with Crippen LogP contribution in [0.25, 0.3) is 0 Å². The first-order valence-corrected chi connectivity index (χ1v) is 5.68. The molecule has 0 radical (unpaired) electrons. The summed E-state index contributed by atoms with van der Waals surface area (Å²) in [6.45, 7) is 2.64. The molecule has 0 atom stereocenters. The average molecular weight is 246 g/mol. The van der Waals surface area contributed by atoms with Gasteiger partial charge in [-0.25, -0.2) is 0 Å². The van der Waals surface area contributed by atoms with Crippen LogP contribution in [0.2, 0.25) is 0 Å². The van der Waals surface area contributed by atoms with Crippen molar-refractivity contribution in [3.63, 3.8) is 0 Å². The van der Waals surface area contributed by atoms with Crippen LogP contribution in [-0.2, 0) is 0 Å². The zero-order valence-corrected chi connectivity index (χ0v) is 9.99. The molecule has 6 nitrogen and oxygen atoms in total. The molecule has 1 heterocycles. The number of nitrogens with one attached hydrogen (secondary N) is 2. The van der Waals surface area contributed by atoms with E-state index in [1.54, 1.807) is 18.2 Å². The summed E-state index contributed by atoms with van der Waals surface area (Å²) in [5.41, 5.74) is 7.04. The molecule has 1 aliphatic heterocycles. The van der Waals surface area contributed by atoms with Crippen LogP contribution in [0.4, 0.5) is 5.69 Å². The number of nitrogens with two attached hydrogens (primary N) is 1. The van der Waals surface area contributed by atoms with Gasteiger partial charge in [-0.05, 0) is 24.6 Å². The summed E-state index contributed by atoms with van der Waals surface area (Å²) in [4.78, 5) is 26.9. The number of fused-ring (bicyclic) bond motifs is 1. The maximum atomic E-state index is 11.5. The number of rotatable bonds is 3. The van der Waals surface area contributed by atoms with Crippen LogP contribution < -0.4 is 16.4 Å². The van der Waals surface area contributed by atoms with E-state index >= 15 is 0 Å². The maximum absolute atomic E-state index is 11.5. The molecule has 0 aliphatic carbocycles. The van der Waals surface area contributed by atoms with E-state index in [4.69, 9.17) is 5.73 Å². The number of carbonyl (C=O) groups is 2. The number of aliphatic imine (C=N–C) groups is 1. The molecule has 0 saturated carbocycles. The average Bonchev–Trinajstić information content (AvgIpc) is 2.62. The first kappa shape index (κ1) is 12.1. The SMILES string of the molecule is CCCN=C(N)Nc1ccc2c(c1)C(=O)NC2=O. The van der Waals surface area contributed by atoms with E-state index in [2.05, 4.69) is 15.6 Å². The molecule has 4 N–H and O–H groups in total. The van der Waals surface area contributed by atoms with Crippen LogP contribution in [-0.4, -0.2) is 24.3 Å². The fraction of sp³-hybridized carbons (Fsp3) is 0.250. The standard InChI is InChI=1S/C12H14N4O2/c1-2-5-14-12(13)15-7-3-4-8-9(6-7)11(18)16-10(8)17/h3-4,6H,2,5H2,1H3,(H3,13,14,15)(H,16,17,18). The van der Waals surface area contributed by atoms with Crippen molar-refractivity contribution in [2.75, 3.05) is 11.9 Å². The maximum Gasteiger partial charge on any atom is 0.259 e. The second kappa shape index (κ2) is 4.87. The summed E-state index contributed by atoms with van der Waals surface area (Å²) >= 11 is 0. The third-order valence-corrected chi connectivity index (χ3v) is 2.51. The summed E-state index contributed by atoms with van der Waals surface area (Å²) in [5, 5.41) is 5.11. The Morgan fingerprint density at radius 3 is 2.78 bits per heavy atom. The molecule has 2 rings (SSSR count). The molecule has 6 heteroatoms. The van der Waals surface area contributed by atoms with E-state index in [1.165, 1.54) is 0 Å². The van der Waals surface area contributed by atoms with Gasteiger partial charge >= 0.3 is 0 Å². The predicted octanol–water partition coefficient (Wildman–Crippen LogP) is 0.707. The second-order valence-corrected chi connectivity index (χ2v) is 3.94. The van der Waals surface area contributed by atoms with Gasteiger partial charge in [0.15, 0.2) is 5.96 Å². The van der Waals surface area contributed by atoms with E-state index in [9.17, 15) is 9.59 Å². The minimum Gasteiger partial charge on any atom is -0.370 e. The molecule has 0 aromatic heterocycles. The topological polar surface area (TPSA) is 96.6 Å². The molecule has 18 heavy (non-hydrogen) atoms. The molecule has 0 saturated heterocycles. The van der Waals surface area contributed by atoms with Crippen LogP contribution in [0.15, 0.2) is 23.2 Å². The number of imide groups is 1. The van der Waals surface area contributed by atoms with E-state index in [0.29, 0.717) is 29.3 Å². The van der Waals surface area contributed by atoms with E-state index < -0.39 is 0 Å². The molecular formula is C12H14N4O2. The number of nitrogens with zero attached hydrogens (tertiary/aromatic N) is 1. The smallest absolute Gasteiger partial charge is 0.259 e. The molecule has 0 fully saturated rings. The molecule has 0 unspecified atom stereocenters. The number of hydrogen-bond donors (Lipinski definition) is 3. The van der Waals surface area contributed by atoms with Gasteiger partial charge in [-0.1, -0.05) is 6.92 Å². The molecule has 1 aromatic rings. The Hall–Kier alpha value is -2.37. The molecular weight excluding hydrogens is 232 g/mol. The Balaban J connectivity index is 2.20. The Kier molecular flexibility index (Phi) is 3.27. The molecule has 1 aromatic carbocycles. The molecule has 0 spiro atoms. The van der Waals surface area contributed by atoms with Gasteiger partial charge in [-0.15, -0.1) is 0 Å². The lowest BCUT2D eigenvalue weighted by atomic mass is 10.1. The van der Waals surface area contributed by atoms with Crippen molar-refractivity contribution in [2.24, 2.45) is 10.7 Å². The van der Waals surface area contributed by atoms with Crippen molar-refractivity contribution in [1.29, 1.82) is 0 Å². The summed E-state index contributed by atoms with van der Waals surface area (Å²) in [6.07, 6.45) is 0.906. The molecule has 94 valence electrons. The number of carbonyl (C=O) groups excluding carboxylic acids is 2. The number of guanidine groups is 1. The van der Waals surface area contributed by atoms with Gasteiger partial charge in [0, 0.05) is 12.2 Å². The lowest BCUT2D eigenvalue weighted by Crippen LogP contribution is -2.23. The third-order valence-electron chi connectivity index (χ3n) is 2.51. The van der Waals surface area contributed by atoms with Crippen LogP contribution in [0, 0.1) is 0 Å². The number of amides is 2. The number of anilines is 1. The first-order valence-electron chi connectivity index (χ1n) is 5.68. The normalized spacial score (nSPS) is 14.4. The highest BCUT2D eigenvalue weighted by Gasteiger charge is 2.26. The van der Waals surface area contributed by atoms with Crippen molar-refractivity contribution < 1.29 is 9.59 Å². The minimum atomic E-state index is -0.386. The Morgan fingerprint density at radius 1 is 1.33 bits per heavy atom. The molecule has 0 bridgehead atoms. The number of hydrogen-bond acceptors (Lipinski definition) is 3. The quantitative estimate of drug-likeness (QED) is 0.415. The molecule has 1 aliphatic rings. The molecule has 2 amide bonds. The lowest BCUT2D eigenvalue weighted by molar-refractivity contribution is 0.0879. The lowest BCUT2D eigenvalue weighted by Gasteiger charge is -2.06. The highest BCUT2D eigenvalue weighted by molar-refractivity contribution is 6.22. The largest absolute Gasteiger partial charge is 0.370 e. The monoisotopic (exact) mass is 246 g/mol. The van der Waals surface area contributed by atoms with Gasteiger partial charge in [0.25, 0.3) is 11.8 Å². The first-order chi connectivity index (χ1) is 8.61. The predicted molar refractivity (Wildman–Crippen MR) is 68.6 cm³/mol. The van der Waals surface area contributed by atoms with Gasteiger partial charge in [0.1, 0.15) is 0 Å². The van der Waals surface area contributed by atoms with Gasteiger partial charge in [0.2, 0.25) is 0 Å². The van der Waals surface area contributed by atoms with E-state index in [0.717, 1.165) is 6.42 Å². The third kappa shape index (κ3) is 2.32. The van der Waals surface area contributed by atoms with E-state index in [-0.39, 0.29) is 11.8 Å². The summed E-state index contributed by atoms with van der Waals surface area (Å²) < 4.78 is 0. The Morgan fingerprint density at radius 2 is 2.06 bits per heavy atom. The van der Waals surface area contributed by atoms with Crippen LogP contribution in [0.3, 0.4) is 0 Å². The summed E-state index contributed by atoms with van der Waals surface area (Å²) in [7, 11) is 0. The Labute approximate surface area is 104 Å². The zero-order valence-electron chi connectivity index (χ0n) is 9.99. The summed E-state index contributed by atoms with van der Waals surface area (Å²) in [6, 6.07) is 4.86.